The van der Waals surface area contributed by atoms with Gasteiger partial charge in [0.2, 0.25) is 12.7 Å². The van der Waals surface area contributed by atoms with Gasteiger partial charge >= 0.3 is 18.1 Å². The molecule has 3 aromatic rings. The lowest BCUT2D eigenvalue weighted by Gasteiger charge is -2.41. The average molecular weight is 774 g/mol. The van der Waals surface area contributed by atoms with Crippen LogP contribution in [-0.2, 0) is 34.4 Å². The van der Waals surface area contributed by atoms with E-state index in [-0.39, 0.29) is 35.8 Å². The average Bonchev–Trinajstić information content (AvgIpc) is 3.65. The minimum Gasteiger partial charge on any atom is -0.478 e. The molecule has 0 radical (unpaired) electrons. The third-order valence-electron chi connectivity index (χ3n) is 9.62. The van der Waals surface area contributed by atoms with E-state index in [0.717, 1.165) is 18.9 Å². The van der Waals surface area contributed by atoms with E-state index in [0.29, 0.717) is 48.2 Å². The maximum atomic E-state index is 15.1. The highest BCUT2D eigenvalue weighted by Gasteiger charge is 2.41. The number of ether oxygens (including phenoxy) is 1. The number of carboxylic acid groups (broad SMARTS) is 1. The second-order valence-corrected chi connectivity index (χ2v) is 14.5. The number of hydrogen-bond donors (Lipinski definition) is 2. The molecule has 1 unspecified atom stereocenters. The van der Waals surface area contributed by atoms with Crippen molar-refractivity contribution in [3.63, 3.8) is 0 Å². The number of piperidine rings is 1. The molecule has 0 aromatic heterocycles. The van der Waals surface area contributed by atoms with Crippen LogP contribution in [0.25, 0.3) is 0 Å². The minimum atomic E-state index is -4.65. The Morgan fingerprint density at radius 2 is 1.67 bits per heavy atom. The second-order valence-electron chi connectivity index (χ2n) is 13.2. The molecule has 2 fully saturated rings. The van der Waals surface area contributed by atoms with Crippen molar-refractivity contribution in [1.82, 2.24) is 4.90 Å². The smallest absolute Gasteiger partial charge is 0.416 e. The summed E-state index contributed by atoms with van der Waals surface area (Å²) in [7, 11) is -3.06. The molecule has 288 valence electrons. The van der Waals surface area contributed by atoms with Gasteiger partial charge in [-0.05, 0) is 86.6 Å². The Labute approximate surface area is 309 Å². The third-order valence-corrected chi connectivity index (χ3v) is 11.0. The van der Waals surface area contributed by atoms with Gasteiger partial charge in [-0.3, -0.25) is 18.7 Å². The molecule has 0 spiro atoms. The molecule has 2 N–H and O–H groups in total. The fourth-order valence-corrected chi connectivity index (χ4v) is 8.27. The van der Waals surface area contributed by atoms with Gasteiger partial charge in [-0.1, -0.05) is 43.2 Å². The molecule has 1 saturated carbocycles. The lowest BCUT2D eigenvalue weighted by molar-refractivity contribution is -0.144. The molecule has 1 heterocycles. The van der Waals surface area contributed by atoms with E-state index in [4.69, 9.17) is 14.4 Å². The predicted molar refractivity (Wildman–Crippen MR) is 191 cm³/mol. The molecule has 54 heavy (non-hydrogen) atoms. The maximum absolute atomic E-state index is 15.1. The molecular formula is C38H40F4N3O8P. The number of nitrogens with one attached hydrogen (secondary N) is 1. The van der Waals surface area contributed by atoms with Crippen LogP contribution in [-0.4, -0.2) is 53.1 Å². The Kier molecular flexibility index (Phi) is 13.0. The number of likely N-dealkylation sites (tertiary alicyclic amines) is 1. The van der Waals surface area contributed by atoms with Crippen LogP contribution < -0.4 is 9.99 Å². The molecule has 3 aromatic carbocycles. The van der Waals surface area contributed by atoms with E-state index < -0.39 is 68.2 Å². The van der Waals surface area contributed by atoms with Gasteiger partial charge in [0, 0.05) is 36.1 Å². The highest BCUT2D eigenvalue weighted by atomic mass is 31.1. The molecule has 5 rings (SSSR count). The van der Waals surface area contributed by atoms with Crippen LogP contribution in [0, 0.1) is 25.6 Å². The van der Waals surface area contributed by atoms with Crippen molar-refractivity contribution >= 4 is 43.3 Å². The maximum Gasteiger partial charge on any atom is 0.416 e. The second kappa shape index (κ2) is 17.4. The molecule has 11 nitrogen and oxygen atoms in total. The molecule has 1 saturated heterocycles. The number of rotatable bonds is 12. The van der Waals surface area contributed by atoms with Crippen LogP contribution in [0.4, 0.5) is 28.9 Å². The Bertz CT molecular complexity index is 1910. The summed E-state index contributed by atoms with van der Waals surface area (Å²) in [6.45, 7) is 2.39. The van der Waals surface area contributed by atoms with Gasteiger partial charge in [0.25, 0.3) is 14.1 Å². The van der Waals surface area contributed by atoms with E-state index in [1.54, 1.807) is 41.9 Å². The molecule has 1 aliphatic heterocycles. The monoisotopic (exact) mass is 773 g/mol. The number of carbonyl (C=O) groups excluding carboxylic acids is 3. The van der Waals surface area contributed by atoms with Crippen LogP contribution in [0.15, 0.2) is 72.8 Å². The molecule has 3 atom stereocenters. The fraction of sp³-hybridized carbons (Fsp3) is 0.368. The summed E-state index contributed by atoms with van der Waals surface area (Å²) in [6, 6.07) is 13.2. The minimum absolute atomic E-state index is 0.0123. The molecular weight excluding hydrogens is 733 g/mol. The number of amides is 2. The number of hydrogen-bond acceptors (Lipinski definition) is 7. The number of anilines is 2. The van der Waals surface area contributed by atoms with Crippen LogP contribution >= 0.6 is 8.18 Å². The first-order chi connectivity index (χ1) is 25.6. The first-order valence-corrected chi connectivity index (χ1v) is 18.6. The van der Waals surface area contributed by atoms with Gasteiger partial charge in [-0.25, -0.2) is 14.0 Å². The molecule has 1 aliphatic carbocycles. The summed E-state index contributed by atoms with van der Waals surface area (Å²) in [5, 5.41) is 11.3. The lowest BCUT2D eigenvalue weighted by atomic mass is 9.83. The molecule has 16 heteroatoms. The van der Waals surface area contributed by atoms with Gasteiger partial charge in [0.15, 0.2) is 0 Å². The quantitative estimate of drug-likeness (QED) is 0.0616. The summed E-state index contributed by atoms with van der Waals surface area (Å²) >= 11 is 0. The van der Waals surface area contributed by atoms with Crippen LogP contribution in [0.2, 0.25) is 0 Å². The van der Waals surface area contributed by atoms with Crippen molar-refractivity contribution in [2.24, 2.45) is 5.92 Å². The molecule has 2 amide bonds. The van der Waals surface area contributed by atoms with Crippen molar-refractivity contribution in [3.8, 4) is 0 Å². The van der Waals surface area contributed by atoms with Crippen molar-refractivity contribution in [1.29, 1.82) is 0 Å². The number of esters is 1. The number of carboxylic acids is 1. The van der Waals surface area contributed by atoms with Crippen LogP contribution in [0.5, 0.6) is 0 Å². The Balaban J connectivity index is 1.46. The Morgan fingerprint density at radius 1 is 0.963 bits per heavy atom. The summed E-state index contributed by atoms with van der Waals surface area (Å²) in [6.07, 6.45) is 0.423. The summed E-state index contributed by atoms with van der Waals surface area (Å²) in [5.74, 6) is -5.30. The number of carbonyl (C=O) groups is 4. The predicted octanol–water partition coefficient (Wildman–Crippen LogP) is 7.99. The van der Waals surface area contributed by atoms with Gasteiger partial charge in [0.1, 0.15) is 5.82 Å². The normalized spacial score (nSPS) is 18.4. The topological polar surface area (TPSA) is 143 Å². The summed E-state index contributed by atoms with van der Waals surface area (Å²) in [5.41, 5.74) is 0.212. The highest BCUT2D eigenvalue weighted by Crippen LogP contribution is 2.44. The van der Waals surface area contributed by atoms with Crippen molar-refractivity contribution in [2.45, 2.75) is 70.6 Å². The molecule has 0 bridgehead atoms. The van der Waals surface area contributed by atoms with Crippen LogP contribution in [0.3, 0.4) is 0 Å². The van der Waals surface area contributed by atoms with E-state index in [1.165, 1.54) is 36.1 Å². The number of halogens is 4. The van der Waals surface area contributed by atoms with Gasteiger partial charge in [-0.15, -0.1) is 0 Å². The largest absolute Gasteiger partial charge is 0.478 e. The number of benzene rings is 3. The lowest BCUT2D eigenvalue weighted by Crippen LogP contribution is -2.46. The van der Waals surface area contributed by atoms with Gasteiger partial charge in [-0.2, -0.15) is 13.2 Å². The van der Waals surface area contributed by atoms with Crippen molar-refractivity contribution < 1.29 is 55.7 Å². The summed E-state index contributed by atoms with van der Waals surface area (Å²) in [4.78, 5) is 51.9. The van der Waals surface area contributed by atoms with E-state index in [1.807, 2.05) is 0 Å². The Hall–Kier alpha value is -5.01. The van der Waals surface area contributed by atoms with Gasteiger partial charge in [0.05, 0.1) is 23.1 Å². The SMILES string of the molecule is Cc1ccc(NC(=O)[C@H]2CCCN(C(=O)c3c(C)cccc3F)[C@H]2c2ccc(N(C3CCCC3)[PH](=O)OCOC(=O)/C=C/C(=O)O)cc2)cc1C(F)(F)F. The number of aliphatic carboxylic acids is 1. The van der Waals surface area contributed by atoms with E-state index in [9.17, 15) is 36.9 Å². The zero-order valence-electron chi connectivity index (χ0n) is 29.5. The highest BCUT2D eigenvalue weighted by molar-refractivity contribution is 7.41. The first kappa shape index (κ1) is 40.2. The van der Waals surface area contributed by atoms with Gasteiger partial charge < -0.3 is 24.7 Å². The van der Waals surface area contributed by atoms with Crippen molar-refractivity contribution in [3.05, 3.63) is 106 Å². The molecule has 2 aliphatic rings. The number of aryl methyl sites for hydroxylation is 2. The third kappa shape index (κ3) is 9.55. The van der Waals surface area contributed by atoms with E-state index in [2.05, 4.69) is 5.32 Å². The zero-order valence-corrected chi connectivity index (χ0v) is 30.5. The fourth-order valence-electron chi connectivity index (χ4n) is 7.05. The van der Waals surface area contributed by atoms with Crippen molar-refractivity contribution in [2.75, 3.05) is 23.3 Å². The standard InChI is InChI=1S/C38H40F4N3O8P/c1-23-12-15-26(21-30(23)38(40,41)42)43-36(49)29-10-6-20-44(37(50)34-24(2)7-5-11-31(34)39)35(29)25-13-16-28(17-14-25)45(27-8-3-4-9-27)54(51)53-22-52-33(48)19-18-32(46)47/h5,7,11-19,21,27,29,35,54H,3-4,6,8-10,20,22H2,1-2H3,(H,43,49)(H,46,47)/b19-18+/t29-,35-/m0/s1. The Morgan fingerprint density at radius 3 is 2.31 bits per heavy atom. The summed E-state index contributed by atoms with van der Waals surface area (Å²) < 4.78 is 81.6. The van der Waals surface area contributed by atoms with Crippen LogP contribution in [0.1, 0.15) is 77.2 Å². The first-order valence-electron chi connectivity index (χ1n) is 17.3. The zero-order chi connectivity index (χ0) is 39.2. The number of nitrogens with zero attached hydrogens (tertiary/aromatic N) is 2. The number of alkyl halides is 3. The van der Waals surface area contributed by atoms with E-state index >= 15 is 4.39 Å².